The highest BCUT2D eigenvalue weighted by molar-refractivity contribution is 5.85. The normalized spacial score (nSPS) is 11.4. The van der Waals surface area contributed by atoms with Crippen LogP contribution in [-0.2, 0) is 0 Å². The standard InChI is InChI=1S/C12H17NO2.ClH/c1-3-4-5-10(13)9-6-7-11(14)12(8-9)15-2;/h3,6-8,10,14H,1,4-5,13H2,2H3;1H/t10-;/m0./s1. The lowest BCUT2D eigenvalue weighted by Crippen LogP contribution is -2.09. The fraction of sp³-hybridized carbons (Fsp3) is 0.333. The van der Waals surface area contributed by atoms with Crippen LogP contribution in [0.3, 0.4) is 0 Å². The number of nitrogens with two attached hydrogens (primary N) is 1. The number of methoxy groups -OCH3 is 1. The van der Waals surface area contributed by atoms with Gasteiger partial charge in [-0.1, -0.05) is 12.1 Å². The van der Waals surface area contributed by atoms with Crippen molar-refractivity contribution < 1.29 is 9.84 Å². The van der Waals surface area contributed by atoms with Crippen molar-refractivity contribution >= 4 is 12.4 Å². The molecule has 1 aromatic carbocycles. The molecule has 0 aliphatic rings. The molecule has 0 aromatic heterocycles. The van der Waals surface area contributed by atoms with Crippen LogP contribution in [0.15, 0.2) is 30.9 Å². The minimum Gasteiger partial charge on any atom is -0.504 e. The Morgan fingerprint density at radius 1 is 1.56 bits per heavy atom. The Balaban J connectivity index is 0.00000225. The van der Waals surface area contributed by atoms with Gasteiger partial charge < -0.3 is 15.6 Å². The highest BCUT2D eigenvalue weighted by Crippen LogP contribution is 2.29. The van der Waals surface area contributed by atoms with Gasteiger partial charge in [0.05, 0.1) is 7.11 Å². The van der Waals surface area contributed by atoms with E-state index in [4.69, 9.17) is 10.5 Å². The Hall–Kier alpha value is -1.19. The summed E-state index contributed by atoms with van der Waals surface area (Å²) >= 11 is 0. The summed E-state index contributed by atoms with van der Waals surface area (Å²) in [5.41, 5.74) is 6.93. The topological polar surface area (TPSA) is 55.5 Å². The van der Waals surface area contributed by atoms with Gasteiger partial charge in [-0.25, -0.2) is 0 Å². The first-order valence-electron chi connectivity index (χ1n) is 4.92. The smallest absolute Gasteiger partial charge is 0.160 e. The van der Waals surface area contributed by atoms with Gasteiger partial charge in [0.1, 0.15) is 0 Å². The molecule has 4 heteroatoms. The average molecular weight is 244 g/mol. The molecular formula is C12H18ClNO2. The number of aromatic hydroxyl groups is 1. The van der Waals surface area contributed by atoms with Crippen LogP contribution in [0.1, 0.15) is 24.4 Å². The van der Waals surface area contributed by atoms with E-state index in [2.05, 4.69) is 6.58 Å². The van der Waals surface area contributed by atoms with Crippen molar-refractivity contribution in [1.82, 2.24) is 0 Å². The first kappa shape index (κ1) is 14.8. The van der Waals surface area contributed by atoms with Crippen molar-refractivity contribution in [3.63, 3.8) is 0 Å². The molecule has 0 aliphatic carbocycles. The molecule has 1 aromatic rings. The maximum absolute atomic E-state index is 9.41. The fourth-order valence-electron chi connectivity index (χ4n) is 1.39. The molecule has 0 spiro atoms. The average Bonchev–Trinajstić information content (AvgIpc) is 2.26. The summed E-state index contributed by atoms with van der Waals surface area (Å²) in [7, 11) is 1.52. The highest BCUT2D eigenvalue weighted by Gasteiger charge is 2.08. The maximum Gasteiger partial charge on any atom is 0.160 e. The molecule has 1 atom stereocenters. The first-order chi connectivity index (χ1) is 7.19. The van der Waals surface area contributed by atoms with Crippen molar-refractivity contribution in [2.45, 2.75) is 18.9 Å². The minimum absolute atomic E-state index is 0. The molecule has 0 saturated heterocycles. The van der Waals surface area contributed by atoms with Gasteiger partial charge in [0.25, 0.3) is 0 Å². The van der Waals surface area contributed by atoms with Crippen molar-refractivity contribution in [3.8, 4) is 11.5 Å². The van der Waals surface area contributed by atoms with E-state index in [1.54, 1.807) is 12.1 Å². The Kier molecular flexibility index (Phi) is 6.61. The second kappa shape index (κ2) is 7.14. The zero-order chi connectivity index (χ0) is 11.3. The molecule has 1 rings (SSSR count). The summed E-state index contributed by atoms with van der Waals surface area (Å²) in [4.78, 5) is 0. The lowest BCUT2D eigenvalue weighted by molar-refractivity contribution is 0.372. The number of hydrogen-bond donors (Lipinski definition) is 2. The van der Waals surface area contributed by atoms with Crippen molar-refractivity contribution in [1.29, 1.82) is 0 Å². The maximum atomic E-state index is 9.41. The van der Waals surface area contributed by atoms with Crippen molar-refractivity contribution in [2.75, 3.05) is 7.11 Å². The molecule has 0 heterocycles. The van der Waals surface area contributed by atoms with E-state index >= 15 is 0 Å². The van der Waals surface area contributed by atoms with E-state index in [1.165, 1.54) is 7.11 Å². The lowest BCUT2D eigenvalue weighted by atomic mass is 10.0. The van der Waals surface area contributed by atoms with Crippen LogP contribution in [0.2, 0.25) is 0 Å². The summed E-state index contributed by atoms with van der Waals surface area (Å²) in [6, 6.07) is 5.13. The Morgan fingerprint density at radius 3 is 2.81 bits per heavy atom. The summed E-state index contributed by atoms with van der Waals surface area (Å²) in [6.07, 6.45) is 3.57. The summed E-state index contributed by atoms with van der Waals surface area (Å²) in [5.74, 6) is 0.596. The summed E-state index contributed by atoms with van der Waals surface area (Å²) in [6.45, 7) is 3.65. The number of hydrogen-bond acceptors (Lipinski definition) is 3. The lowest BCUT2D eigenvalue weighted by Gasteiger charge is -2.12. The predicted molar refractivity (Wildman–Crippen MR) is 68.3 cm³/mol. The number of phenols is 1. The van der Waals surface area contributed by atoms with Gasteiger partial charge in [-0.3, -0.25) is 0 Å². The number of halogens is 1. The number of phenolic OH excluding ortho intramolecular Hbond substituents is 1. The molecule has 0 amide bonds. The molecule has 0 bridgehead atoms. The molecule has 90 valence electrons. The van der Waals surface area contributed by atoms with E-state index in [-0.39, 0.29) is 24.2 Å². The van der Waals surface area contributed by atoms with Crippen LogP contribution < -0.4 is 10.5 Å². The molecule has 0 unspecified atom stereocenters. The summed E-state index contributed by atoms with van der Waals surface area (Å²) in [5, 5.41) is 9.41. The molecule has 3 nitrogen and oxygen atoms in total. The largest absolute Gasteiger partial charge is 0.504 e. The van der Waals surface area contributed by atoms with Crippen LogP contribution in [0.5, 0.6) is 11.5 Å². The monoisotopic (exact) mass is 243 g/mol. The van der Waals surface area contributed by atoms with Gasteiger partial charge in [-0.2, -0.15) is 0 Å². The second-order valence-corrected chi connectivity index (χ2v) is 3.40. The SMILES string of the molecule is C=CCC[C@H](N)c1ccc(O)c(OC)c1.Cl. The van der Waals surface area contributed by atoms with Crippen LogP contribution in [0.4, 0.5) is 0 Å². The summed E-state index contributed by atoms with van der Waals surface area (Å²) < 4.78 is 5.01. The molecular weight excluding hydrogens is 226 g/mol. The van der Waals surface area contributed by atoms with Gasteiger partial charge in [0, 0.05) is 6.04 Å². The molecule has 0 aliphatic heterocycles. The van der Waals surface area contributed by atoms with E-state index < -0.39 is 0 Å². The van der Waals surface area contributed by atoms with E-state index in [0.29, 0.717) is 5.75 Å². The third-order valence-corrected chi connectivity index (χ3v) is 2.31. The van der Waals surface area contributed by atoms with Crippen molar-refractivity contribution in [3.05, 3.63) is 36.4 Å². The Morgan fingerprint density at radius 2 is 2.25 bits per heavy atom. The van der Waals surface area contributed by atoms with Gasteiger partial charge in [0.2, 0.25) is 0 Å². The second-order valence-electron chi connectivity index (χ2n) is 3.40. The Bertz CT molecular complexity index is 342. The van der Waals surface area contributed by atoms with Crippen LogP contribution >= 0.6 is 12.4 Å². The zero-order valence-corrected chi connectivity index (χ0v) is 10.2. The van der Waals surface area contributed by atoms with E-state index in [1.807, 2.05) is 12.1 Å². The first-order valence-corrected chi connectivity index (χ1v) is 4.92. The predicted octanol–water partition coefficient (Wildman–Crippen LogP) is 2.79. The number of ether oxygens (including phenoxy) is 1. The third kappa shape index (κ3) is 3.76. The third-order valence-electron chi connectivity index (χ3n) is 2.31. The van der Waals surface area contributed by atoms with Crippen LogP contribution in [0, 0.1) is 0 Å². The number of allylic oxidation sites excluding steroid dienone is 1. The fourth-order valence-corrected chi connectivity index (χ4v) is 1.39. The quantitative estimate of drug-likeness (QED) is 0.782. The number of rotatable bonds is 5. The van der Waals surface area contributed by atoms with Gasteiger partial charge >= 0.3 is 0 Å². The van der Waals surface area contributed by atoms with Crippen molar-refractivity contribution in [2.24, 2.45) is 5.73 Å². The van der Waals surface area contributed by atoms with E-state index in [9.17, 15) is 5.11 Å². The molecule has 16 heavy (non-hydrogen) atoms. The molecule has 0 saturated carbocycles. The minimum atomic E-state index is -0.0440. The molecule has 0 fully saturated rings. The van der Waals surface area contributed by atoms with Crippen LogP contribution in [-0.4, -0.2) is 12.2 Å². The van der Waals surface area contributed by atoms with Gasteiger partial charge in [-0.15, -0.1) is 19.0 Å². The Labute approximate surface area is 102 Å². The zero-order valence-electron chi connectivity index (χ0n) is 9.35. The number of benzene rings is 1. The van der Waals surface area contributed by atoms with Gasteiger partial charge in [-0.05, 0) is 30.5 Å². The molecule has 3 N–H and O–H groups in total. The molecule has 0 radical (unpaired) electrons. The van der Waals surface area contributed by atoms with Crippen LogP contribution in [0.25, 0.3) is 0 Å². The van der Waals surface area contributed by atoms with Gasteiger partial charge in [0.15, 0.2) is 11.5 Å². The van der Waals surface area contributed by atoms with E-state index in [0.717, 1.165) is 18.4 Å². The highest BCUT2D eigenvalue weighted by atomic mass is 35.5.